The number of nitrogen functional groups attached to an aromatic ring is 1. The van der Waals surface area contributed by atoms with Crippen LogP contribution in [0.2, 0.25) is 0 Å². The molecule has 3 nitrogen and oxygen atoms in total. The van der Waals surface area contributed by atoms with Crippen molar-refractivity contribution < 1.29 is 0 Å². The van der Waals surface area contributed by atoms with E-state index in [-0.39, 0.29) is 0 Å². The zero-order valence-electron chi connectivity index (χ0n) is 11.1. The number of nitrogens with two attached hydrogens (primary N) is 1. The molecule has 3 rings (SSSR count). The lowest BCUT2D eigenvalue weighted by Crippen LogP contribution is -2.40. The molecule has 19 heavy (non-hydrogen) atoms. The van der Waals surface area contributed by atoms with Gasteiger partial charge in [0.15, 0.2) is 0 Å². The van der Waals surface area contributed by atoms with E-state index in [1.54, 1.807) is 0 Å². The van der Waals surface area contributed by atoms with Crippen LogP contribution in [-0.4, -0.2) is 22.5 Å². The van der Waals surface area contributed by atoms with Crippen LogP contribution < -0.4 is 11.1 Å². The molecule has 1 aliphatic carbocycles. The molecule has 0 bridgehead atoms. The number of hydrogen-bond acceptors (Lipinski definition) is 4. The lowest BCUT2D eigenvalue weighted by molar-refractivity contribution is 0.380. The maximum absolute atomic E-state index is 5.81. The molecule has 1 heterocycles. The standard InChI is InChI=1S/C15H19N3S/c1-19-15(6-2-7-15)10-18-13-5-8-17-14-9-11(16)3-4-12(13)14/h3-5,8-9H,2,6-7,10,16H2,1H3,(H,17,18). The first-order valence-electron chi connectivity index (χ1n) is 6.66. The molecule has 0 radical (unpaired) electrons. The zero-order valence-corrected chi connectivity index (χ0v) is 12.0. The van der Waals surface area contributed by atoms with Gasteiger partial charge < -0.3 is 11.1 Å². The van der Waals surface area contributed by atoms with Gasteiger partial charge in [-0.2, -0.15) is 11.8 Å². The lowest BCUT2D eigenvalue weighted by atomic mass is 9.84. The van der Waals surface area contributed by atoms with Crippen LogP contribution in [0.15, 0.2) is 30.5 Å². The van der Waals surface area contributed by atoms with Crippen LogP contribution in [0, 0.1) is 0 Å². The third-order valence-electron chi connectivity index (χ3n) is 4.07. The highest BCUT2D eigenvalue weighted by molar-refractivity contribution is 8.00. The van der Waals surface area contributed by atoms with Crippen molar-refractivity contribution in [2.24, 2.45) is 0 Å². The molecule has 1 aromatic carbocycles. The van der Waals surface area contributed by atoms with E-state index in [4.69, 9.17) is 5.73 Å². The van der Waals surface area contributed by atoms with E-state index in [2.05, 4.69) is 16.6 Å². The van der Waals surface area contributed by atoms with Crippen molar-refractivity contribution in [1.29, 1.82) is 0 Å². The van der Waals surface area contributed by atoms with Gasteiger partial charge in [0.2, 0.25) is 0 Å². The van der Waals surface area contributed by atoms with Crippen molar-refractivity contribution in [2.75, 3.05) is 23.9 Å². The van der Waals surface area contributed by atoms with Crippen molar-refractivity contribution in [1.82, 2.24) is 4.98 Å². The number of rotatable bonds is 4. The molecule has 1 aliphatic rings. The molecule has 100 valence electrons. The maximum atomic E-state index is 5.81. The number of aromatic nitrogens is 1. The summed E-state index contributed by atoms with van der Waals surface area (Å²) >= 11 is 1.99. The van der Waals surface area contributed by atoms with Crippen molar-refractivity contribution in [3.05, 3.63) is 30.5 Å². The fourth-order valence-electron chi connectivity index (χ4n) is 2.60. The average Bonchev–Trinajstić information content (AvgIpc) is 2.37. The fourth-order valence-corrected chi connectivity index (χ4v) is 3.51. The Morgan fingerprint density at radius 3 is 2.89 bits per heavy atom. The summed E-state index contributed by atoms with van der Waals surface area (Å²) in [5, 5.41) is 4.74. The number of hydrogen-bond donors (Lipinski definition) is 2. The minimum atomic E-state index is 0.434. The smallest absolute Gasteiger partial charge is 0.0743 e. The van der Waals surface area contributed by atoms with E-state index in [0.717, 1.165) is 28.8 Å². The van der Waals surface area contributed by atoms with Crippen LogP contribution in [0.25, 0.3) is 10.9 Å². The Labute approximate surface area is 118 Å². The monoisotopic (exact) mass is 273 g/mol. The topological polar surface area (TPSA) is 50.9 Å². The van der Waals surface area contributed by atoms with Crippen molar-refractivity contribution >= 4 is 34.0 Å². The number of thioether (sulfide) groups is 1. The van der Waals surface area contributed by atoms with Crippen molar-refractivity contribution in [2.45, 2.75) is 24.0 Å². The summed E-state index contributed by atoms with van der Waals surface area (Å²) in [5.41, 5.74) is 8.68. The molecule has 0 saturated heterocycles. The Kier molecular flexibility index (Phi) is 3.27. The van der Waals surface area contributed by atoms with Crippen LogP contribution in [0.1, 0.15) is 19.3 Å². The predicted octanol–water partition coefficient (Wildman–Crippen LogP) is 3.51. The molecular weight excluding hydrogens is 254 g/mol. The van der Waals surface area contributed by atoms with Gasteiger partial charge in [0, 0.05) is 34.2 Å². The molecule has 0 aliphatic heterocycles. The van der Waals surface area contributed by atoms with Crippen LogP contribution in [-0.2, 0) is 0 Å². The molecule has 0 atom stereocenters. The number of anilines is 2. The van der Waals surface area contributed by atoms with E-state index >= 15 is 0 Å². The highest BCUT2D eigenvalue weighted by Gasteiger charge is 2.35. The van der Waals surface area contributed by atoms with E-state index in [0.29, 0.717) is 4.75 Å². The predicted molar refractivity (Wildman–Crippen MR) is 84.7 cm³/mol. The number of benzene rings is 1. The SMILES string of the molecule is CSC1(CNc2ccnc3cc(N)ccc23)CCC1. The van der Waals surface area contributed by atoms with Gasteiger partial charge in [0.25, 0.3) is 0 Å². The van der Waals surface area contributed by atoms with Gasteiger partial charge in [-0.15, -0.1) is 0 Å². The third-order valence-corrected chi connectivity index (χ3v) is 5.48. The minimum Gasteiger partial charge on any atom is -0.399 e. The Morgan fingerprint density at radius 1 is 1.37 bits per heavy atom. The van der Waals surface area contributed by atoms with E-state index in [1.807, 2.05) is 42.2 Å². The first-order chi connectivity index (χ1) is 9.22. The summed E-state index contributed by atoms with van der Waals surface area (Å²) in [6.07, 6.45) is 8.05. The van der Waals surface area contributed by atoms with Crippen molar-refractivity contribution in [3.63, 3.8) is 0 Å². The summed E-state index contributed by atoms with van der Waals surface area (Å²) < 4.78 is 0.434. The second kappa shape index (κ2) is 4.93. The van der Waals surface area contributed by atoms with Gasteiger partial charge in [0.05, 0.1) is 5.52 Å². The Morgan fingerprint density at radius 2 is 2.21 bits per heavy atom. The number of nitrogens with one attached hydrogen (secondary N) is 1. The first-order valence-corrected chi connectivity index (χ1v) is 7.88. The zero-order chi connectivity index (χ0) is 13.3. The molecule has 3 N–H and O–H groups in total. The second-order valence-electron chi connectivity index (χ2n) is 5.23. The van der Waals surface area contributed by atoms with Gasteiger partial charge in [-0.1, -0.05) is 6.42 Å². The van der Waals surface area contributed by atoms with E-state index < -0.39 is 0 Å². The minimum absolute atomic E-state index is 0.434. The largest absolute Gasteiger partial charge is 0.399 e. The second-order valence-corrected chi connectivity index (χ2v) is 6.50. The molecule has 4 heteroatoms. The summed E-state index contributed by atoms with van der Waals surface area (Å²) in [5.74, 6) is 0. The number of fused-ring (bicyclic) bond motifs is 1. The molecule has 2 aromatic rings. The molecule has 0 amide bonds. The number of pyridine rings is 1. The Balaban J connectivity index is 1.84. The van der Waals surface area contributed by atoms with Gasteiger partial charge in [-0.25, -0.2) is 0 Å². The maximum Gasteiger partial charge on any atom is 0.0743 e. The van der Waals surface area contributed by atoms with Crippen LogP contribution in [0.5, 0.6) is 0 Å². The van der Waals surface area contributed by atoms with E-state index in [1.165, 1.54) is 19.3 Å². The summed E-state index contributed by atoms with van der Waals surface area (Å²) in [6.45, 7) is 1.03. The van der Waals surface area contributed by atoms with E-state index in [9.17, 15) is 0 Å². The molecule has 0 spiro atoms. The third kappa shape index (κ3) is 2.37. The van der Waals surface area contributed by atoms with Crippen LogP contribution in [0.4, 0.5) is 11.4 Å². The molecular formula is C15H19N3S. The summed E-state index contributed by atoms with van der Waals surface area (Å²) in [7, 11) is 0. The fraction of sp³-hybridized carbons (Fsp3) is 0.400. The summed E-state index contributed by atoms with van der Waals surface area (Å²) in [4.78, 5) is 4.38. The van der Waals surface area contributed by atoms with Gasteiger partial charge in [-0.3, -0.25) is 4.98 Å². The Hall–Kier alpha value is -1.42. The summed E-state index contributed by atoms with van der Waals surface area (Å²) in [6, 6.07) is 7.95. The molecule has 1 fully saturated rings. The highest BCUT2D eigenvalue weighted by atomic mass is 32.2. The van der Waals surface area contributed by atoms with Crippen molar-refractivity contribution in [3.8, 4) is 0 Å². The highest BCUT2D eigenvalue weighted by Crippen LogP contribution is 2.43. The normalized spacial score (nSPS) is 17.1. The molecule has 0 unspecified atom stereocenters. The van der Waals surface area contributed by atoms with Gasteiger partial charge in [0.1, 0.15) is 0 Å². The van der Waals surface area contributed by atoms with Gasteiger partial charge >= 0.3 is 0 Å². The Bertz CT molecular complexity index is 587. The lowest BCUT2D eigenvalue weighted by Gasteiger charge is -2.40. The number of nitrogens with zero attached hydrogens (tertiary/aromatic N) is 1. The first kappa shape index (κ1) is 12.6. The van der Waals surface area contributed by atoms with Crippen LogP contribution >= 0.6 is 11.8 Å². The van der Waals surface area contributed by atoms with Gasteiger partial charge in [-0.05, 0) is 43.4 Å². The average molecular weight is 273 g/mol. The quantitative estimate of drug-likeness (QED) is 0.837. The van der Waals surface area contributed by atoms with Crippen LogP contribution in [0.3, 0.4) is 0 Å². The molecule has 1 aromatic heterocycles. The molecule has 1 saturated carbocycles.